The maximum absolute atomic E-state index is 14.5. The molecule has 2 aromatic carbocycles. The number of fused-ring (bicyclic) bond motifs is 2. The van der Waals surface area contributed by atoms with E-state index in [9.17, 15) is 14.0 Å². The summed E-state index contributed by atoms with van der Waals surface area (Å²) in [6, 6.07) is 6.61. The number of hydrogen-bond donors (Lipinski definition) is 0. The maximum Gasteiger partial charge on any atom is 0.197 e. The fourth-order valence-electron chi connectivity index (χ4n) is 3.89. The molecule has 0 aromatic heterocycles. The first-order valence-electron chi connectivity index (χ1n) is 8.27. The van der Waals surface area contributed by atoms with E-state index in [1.165, 1.54) is 6.07 Å². The lowest BCUT2D eigenvalue weighted by Crippen LogP contribution is -2.29. The van der Waals surface area contributed by atoms with E-state index in [0.29, 0.717) is 22.4 Å². The minimum Gasteiger partial charge on any atom is -0.371 e. The summed E-state index contributed by atoms with van der Waals surface area (Å²) in [4.78, 5) is 28.3. The molecule has 1 aliphatic carbocycles. The summed E-state index contributed by atoms with van der Waals surface area (Å²) in [5.41, 5.74) is 3.12. The lowest BCUT2D eigenvalue weighted by Gasteiger charge is -2.27. The molecule has 3 nitrogen and oxygen atoms in total. The van der Waals surface area contributed by atoms with Crippen LogP contribution >= 0.6 is 0 Å². The van der Waals surface area contributed by atoms with Gasteiger partial charge in [-0.15, -0.1) is 0 Å². The Hall–Kier alpha value is -2.49. The Morgan fingerprint density at radius 3 is 1.92 bits per heavy atom. The number of rotatable bonds is 1. The summed E-state index contributed by atoms with van der Waals surface area (Å²) in [7, 11) is 0. The number of anilines is 1. The average Bonchev–Trinajstić information content (AvgIpc) is 3.08. The molecule has 4 heteroatoms. The third-order valence-corrected chi connectivity index (χ3v) is 5.11. The Balaban J connectivity index is 2.03. The first-order chi connectivity index (χ1) is 11.5. The summed E-state index contributed by atoms with van der Waals surface area (Å²) in [6.07, 6.45) is 2.09. The first-order valence-corrected chi connectivity index (χ1v) is 8.27. The van der Waals surface area contributed by atoms with Crippen LogP contribution in [0.5, 0.6) is 0 Å². The summed E-state index contributed by atoms with van der Waals surface area (Å²) < 4.78 is 14.5. The molecule has 2 aromatic rings. The average molecular weight is 323 g/mol. The number of ketones is 2. The molecule has 1 heterocycles. The lowest BCUT2D eigenvalue weighted by molar-refractivity contribution is 0.0975. The van der Waals surface area contributed by atoms with Crippen LogP contribution in [0.15, 0.2) is 24.3 Å². The van der Waals surface area contributed by atoms with Gasteiger partial charge < -0.3 is 4.90 Å². The van der Waals surface area contributed by atoms with E-state index >= 15 is 0 Å². The van der Waals surface area contributed by atoms with Crippen molar-refractivity contribution in [3.63, 3.8) is 0 Å². The number of benzene rings is 2. The van der Waals surface area contributed by atoms with Crippen molar-refractivity contribution in [2.24, 2.45) is 0 Å². The molecule has 0 saturated carbocycles. The van der Waals surface area contributed by atoms with Gasteiger partial charge in [-0.3, -0.25) is 9.59 Å². The Bertz CT molecular complexity index is 895. The molecule has 1 saturated heterocycles. The zero-order valence-electron chi connectivity index (χ0n) is 13.8. The normalized spacial score (nSPS) is 16.4. The van der Waals surface area contributed by atoms with E-state index in [1.807, 2.05) is 19.1 Å². The van der Waals surface area contributed by atoms with Crippen LogP contribution < -0.4 is 4.90 Å². The van der Waals surface area contributed by atoms with Crippen molar-refractivity contribution in [2.45, 2.75) is 26.7 Å². The van der Waals surface area contributed by atoms with Crippen LogP contribution in [0.1, 0.15) is 55.8 Å². The third-order valence-electron chi connectivity index (χ3n) is 5.11. The smallest absolute Gasteiger partial charge is 0.197 e. The van der Waals surface area contributed by atoms with Crippen molar-refractivity contribution < 1.29 is 14.0 Å². The van der Waals surface area contributed by atoms with Gasteiger partial charge in [0.1, 0.15) is 5.82 Å². The van der Waals surface area contributed by atoms with Crippen molar-refractivity contribution in [3.05, 3.63) is 63.5 Å². The fraction of sp³-hybridized carbons (Fsp3) is 0.300. The van der Waals surface area contributed by atoms with Crippen molar-refractivity contribution in [1.82, 2.24) is 0 Å². The lowest BCUT2D eigenvalue weighted by atomic mass is 9.79. The molecule has 0 bridgehead atoms. The standard InChI is InChI=1S/C20H18FNO2/c1-11-5-6-12(2)16-15(11)19(23)17-13(21)7-8-14(18(17)20(16)24)22-9-3-4-10-22/h5-8H,3-4,9-10H2,1-2H3. The van der Waals surface area contributed by atoms with E-state index in [-0.39, 0.29) is 22.7 Å². The SMILES string of the molecule is Cc1ccc(C)c2c1C(=O)c1c(F)ccc(N3CCCC3)c1C2=O. The van der Waals surface area contributed by atoms with Gasteiger partial charge in [-0.2, -0.15) is 0 Å². The highest BCUT2D eigenvalue weighted by Crippen LogP contribution is 2.38. The molecule has 0 unspecified atom stereocenters. The summed E-state index contributed by atoms with van der Waals surface area (Å²) in [6.45, 7) is 5.28. The number of carbonyl (C=O) groups is 2. The van der Waals surface area contributed by atoms with E-state index in [1.54, 1.807) is 13.0 Å². The topological polar surface area (TPSA) is 37.4 Å². The molecule has 1 aliphatic heterocycles. The maximum atomic E-state index is 14.5. The highest BCUT2D eigenvalue weighted by molar-refractivity contribution is 6.31. The number of halogens is 1. The molecule has 4 rings (SSSR count). The molecule has 2 aliphatic rings. The molecule has 0 atom stereocenters. The molecule has 0 N–H and O–H groups in total. The minimum absolute atomic E-state index is 0.0643. The van der Waals surface area contributed by atoms with Gasteiger partial charge in [-0.1, -0.05) is 12.1 Å². The predicted octanol–water partition coefficient (Wildman–Crippen LogP) is 3.82. The Morgan fingerprint density at radius 1 is 0.792 bits per heavy atom. The van der Waals surface area contributed by atoms with Gasteiger partial charge in [0.15, 0.2) is 11.6 Å². The van der Waals surface area contributed by atoms with E-state index in [0.717, 1.165) is 31.5 Å². The second-order valence-corrected chi connectivity index (χ2v) is 6.62. The number of aryl methyl sites for hydroxylation is 2. The predicted molar refractivity (Wildman–Crippen MR) is 90.6 cm³/mol. The number of carbonyl (C=O) groups excluding carboxylic acids is 2. The van der Waals surface area contributed by atoms with Crippen molar-refractivity contribution in [1.29, 1.82) is 0 Å². The van der Waals surface area contributed by atoms with Crippen molar-refractivity contribution in [2.75, 3.05) is 18.0 Å². The van der Waals surface area contributed by atoms with E-state index in [2.05, 4.69) is 4.90 Å². The quantitative estimate of drug-likeness (QED) is 0.683. The van der Waals surface area contributed by atoms with Crippen LogP contribution in [0.25, 0.3) is 0 Å². The Morgan fingerprint density at radius 2 is 1.33 bits per heavy atom. The zero-order chi connectivity index (χ0) is 17.0. The van der Waals surface area contributed by atoms with Crippen LogP contribution in [0.2, 0.25) is 0 Å². The van der Waals surface area contributed by atoms with Gasteiger partial charge >= 0.3 is 0 Å². The first kappa shape index (κ1) is 15.1. The highest BCUT2D eigenvalue weighted by Gasteiger charge is 2.37. The van der Waals surface area contributed by atoms with Crippen LogP contribution in [0.3, 0.4) is 0 Å². The molecule has 0 spiro atoms. The largest absolute Gasteiger partial charge is 0.371 e. The molecule has 0 radical (unpaired) electrons. The summed E-state index contributed by atoms with van der Waals surface area (Å²) >= 11 is 0. The monoisotopic (exact) mass is 323 g/mol. The highest BCUT2D eigenvalue weighted by atomic mass is 19.1. The molecular weight excluding hydrogens is 305 g/mol. The van der Waals surface area contributed by atoms with Crippen LogP contribution in [-0.2, 0) is 0 Å². The fourth-order valence-corrected chi connectivity index (χ4v) is 3.89. The van der Waals surface area contributed by atoms with Gasteiger partial charge in [0, 0.05) is 29.9 Å². The van der Waals surface area contributed by atoms with Crippen molar-refractivity contribution >= 4 is 17.3 Å². The van der Waals surface area contributed by atoms with Gasteiger partial charge in [-0.05, 0) is 49.9 Å². The Labute approximate surface area is 140 Å². The molecule has 24 heavy (non-hydrogen) atoms. The van der Waals surface area contributed by atoms with Gasteiger partial charge in [0.2, 0.25) is 0 Å². The van der Waals surface area contributed by atoms with Gasteiger partial charge in [-0.25, -0.2) is 4.39 Å². The second kappa shape index (κ2) is 5.26. The van der Waals surface area contributed by atoms with Gasteiger partial charge in [0.05, 0.1) is 11.1 Å². The molecule has 1 fully saturated rings. The zero-order valence-corrected chi connectivity index (χ0v) is 13.8. The minimum atomic E-state index is -0.613. The second-order valence-electron chi connectivity index (χ2n) is 6.62. The summed E-state index contributed by atoms with van der Waals surface area (Å²) in [5.74, 6) is -1.22. The molecular formula is C20H18FNO2. The van der Waals surface area contributed by atoms with Crippen LogP contribution in [0, 0.1) is 19.7 Å². The number of nitrogens with zero attached hydrogens (tertiary/aromatic N) is 1. The molecule has 122 valence electrons. The van der Waals surface area contributed by atoms with Gasteiger partial charge in [0.25, 0.3) is 0 Å². The third kappa shape index (κ3) is 1.95. The van der Waals surface area contributed by atoms with Crippen molar-refractivity contribution in [3.8, 4) is 0 Å². The van der Waals surface area contributed by atoms with E-state index in [4.69, 9.17) is 0 Å². The number of hydrogen-bond acceptors (Lipinski definition) is 3. The van der Waals surface area contributed by atoms with Crippen LogP contribution in [-0.4, -0.2) is 24.7 Å². The summed E-state index contributed by atoms with van der Waals surface area (Å²) in [5, 5.41) is 0. The molecule has 0 amide bonds. The van der Waals surface area contributed by atoms with Crippen LogP contribution in [0.4, 0.5) is 10.1 Å². The Kier molecular flexibility index (Phi) is 3.30. The van der Waals surface area contributed by atoms with E-state index < -0.39 is 5.82 Å².